The lowest BCUT2D eigenvalue weighted by Crippen LogP contribution is -2.05. The Kier molecular flexibility index (Phi) is 2.45. The van der Waals surface area contributed by atoms with E-state index in [1.165, 1.54) is 0 Å². The highest BCUT2D eigenvalue weighted by Gasteiger charge is 2.05. The molecule has 0 aliphatic rings. The summed E-state index contributed by atoms with van der Waals surface area (Å²) in [5.41, 5.74) is 1.71. The van der Waals surface area contributed by atoms with Gasteiger partial charge in [-0.3, -0.25) is 4.68 Å². The second-order valence-electron chi connectivity index (χ2n) is 2.90. The quantitative estimate of drug-likeness (QED) is 0.682. The van der Waals surface area contributed by atoms with Gasteiger partial charge in [-0.05, 0) is 0 Å². The largest absolute Gasteiger partial charge is 0.255 e. The number of nitrogens with zero attached hydrogens (tertiary/aromatic N) is 6. The lowest BCUT2D eigenvalue weighted by atomic mass is 10.4. The number of hydrogen-bond donors (Lipinski definition) is 0. The second kappa shape index (κ2) is 3.75. The number of aromatic nitrogens is 6. The molecule has 0 saturated carbocycles. The van der Waals surface area contributed by atoms with Gasteiger partial charge in [-0.2, -0.15) is 0 Å². The van der Waals surface area contributed by atoms with Crippen LogP contribution >= 0.6 is 11.6 Å². The van der Waals surface area contributed by atoms with Crippen LogP contribution in [0, 0.1) is 0 Å². The summed E-state index contributed by atoms with van der Waals surface area (Å²) in [5.74, 6) is 0.396. The summed E-state index contributed by atoms with van der Waals surface area (Å²) in [6.45, 7) is 0.551. The van der Waals surface area contributed by atoms with Crippen LogP contribution in [0.5, 0.6) is 0 Å². The lowest BCUT2D eigenvalue weighted by Gasteiger charge is -1.99. The fourth-order valence-corrected chi connectivity index (χ4v) is 1.34. The van der Waals surface area contributed by atoms with Gasteiger partial charge in [0, 0.05) is 13.2 Å². The fourth-order valence-electron chi connectivity index (χ4n) is 1.14. The minimum atomic E-state index is 0.396. The van der Waals surface area contributed by atoms with Crippen molar-refractivity contribution in [3.8, 4) is 0 Å². The van der Waals surface area contributed by atoms with E-state index in [1.807, 2.05) is 13.2 Å². The second-order valence-corrected chi connectivity index (χ2v) is 3.17. The molecule has 2 aromatic heterocycles. The van der Waals surface area contributed by atoms with Gasteiger partial charge < -0.3 is 0 Å². The Bertz CT molecular complexity index is 419. The molecule has 6 nitrogen and oxygen atoms in total. The van der Waals surface area contributed by atoms with E-state index in [-0.39, 0.29) is 0 Å². The van der Waals surface area contributed by atoms with Crippen molar-refractivity contribution in [2.75, 3.05) is 0 Å². The summed E-state index contributed by atoms with van der Waals surface area (Å²) >= 11 is 5.70. The van der Waals surface area contributed by atoms with Crippen molar-refractivity contribution in [3.05, 3.63) is 23.8 Å². The minimum absolute atomic E-state index is 0.396. The Balaban J connectivity index is 2.18. The van der Waals surface area contributed by atoms with Gasteiger partial charge in [-0.25, -0.2) is 4.68 Å². The zero-order valence-electron chi connectivity index (χ0n) is 7.63. The van der Waals surface area contributed by atoms with Crippen LogP contribution in [0.3, 0.4) is 0 Å². The number of halogens is 1. The maximum absolute atomic E-state index is 5.70. The molecular weight excluding hydrogens is 204 g/mol. The number of aryl methyl sites for hydroxylation is 1. The highest BCUT2D eigenvalue weighted by atomic mass is 35.5. The Morgan fingerprint density at radius 3 is 2.93 bits per heavy atom. The molecular formula is C7H9ClN6. The Labute approximate surface area is 85.5 Å². The molecule has 0 N–H and O–H groups in total. The van der Waals surface area contributed by atoms with Crippen molar-refractivity contribution < 1.29 is 0 Å². The third kappa shape index (κ3) is 1.74. The SMILES string of the molecule is Cn1cc(Cn2nncc2CCl)nn1. The molecule has 0 atom stereocenters. The summed E-state index contributed by atoms with van der Waals surface area (Å²) in [7, 11) is 1.82. The molecule has 0 radical (unpaired) electrons. The van der Waals surface area contributed by atoms with E-state index in [1.54, 1.807) is 15.6 Å². The van der Waals surface area contributed by atoms with Crippen molar-refractivity contribution in [1.82, 2.24) is 30.0 Å². The molecule has 7 heteroatoms. The monoisotopic (exact) mass is 212 g/mol. The third-order valence-electron chi connectivity index (χ3n) is 1.80. The minimum Gasteiger partial charge on any atom is -0.255 e. The molecule has 0 unspecified atom stereocenters. The summed E-state index contributed by atoms with van der Waals surface area (Å²) in [5, 5.41) is 15.4. The average Bonchev–Trinajstić information content (AvgIpc) is 2.76. The average molecular weight is 213 g/mol. The van der Waals surface area contributed by atoms with Gasteiger partial charge in [0.15, 0.2) is 0 Å². The van der Waals surface area contributed by atoms with E-state index in [9.17, 15) is 0 Å². The maximum atomic E-state index is 5.70. The Hall–Kier alpha value is -1.43. The summed E-state index contributed by atoms with van der Waals surface area (Å²) in [4.78, 5) is 0. The molecule has 0 fully saturated rings. The van der Waals surface area contributed by atoms with Gasteiger partial charge >= 0.3 is 0 Å². The highest BCUT2D eigenvalue weighted by Crippen LogP contribution is 2.03. The summed E-state index contributed by atoms with van der Waals surface area (Å²) < 4.78 is 3.35. The van der Waals surface area contributed by atoms with Crippen LogP contribution in [0.15, 0.2) is 12.4 Å². The molecule has 0 aliphatic carbocycles. The van der Waals surface area contributed by atoms with Crippen molar-refractivity contribution in [1.29, 1.82) is 0 Å². The number of alkyl halides is 1. The van der Waals surface area contributed by atoms with E-state index < -0.39 is 0 Å². The highest BCUT2D eigenvalue weighted by molar-refractivity contribution is 6.16. The lowest BCUT2D eigenvalue weighted by molar-refractivity contribution is 0.618. The Morgan fingerprint density at radius 2 is 2.29 bits per heavy atom. The molecule has 2 aromatic rings. The van der Waals surface area contributed by atoms with E-state index in [0.29, 0.717) is 12.4 Å². The zero-order chi connectivity index (χ0) is 9.97. The van der Waals surface area contributed by atoms with Gasteiger partial charge in [0.1, 0.15) is 5.69 Å². The van der Waals surface area contributed by atoms with Crippen molar-refractivity contribution >= 4 is 11.6 Å². The standard InChI is InChI=1S/C7H9ClN6/c1-13-4-6(10-12-13)5-14-7(2-8)3-9-11-14/h3-4H,2,5H2,1H3. The van der Waals surface area contributed by atoms with E-state index in [4.69, 9.17) is 11.6 Å². The third-order valence-corrected chi connectivity index (χ3v) is 2.07. The van der Waals surface area contributed by atoms with Gasteiger partial charge in [-0.1, -0.05) is 10.4 Å². The summed E-state index contributed by atoms with van der Waals surface area (Å²) in [6, 6.07) is 0. The topological polar surface area (TPSA) is 61.4 Å². The molecule has 2 heterocycles. The van der Waals surface area contributed by atoms with Crippen molar-refractivity contribution in [2.45, 2.75) is 12.4 Å². The first-order chi connectivity index (χ1) is 6.79. The predicted molar refractivity (Wildman–Crippen MR) is 49.7 cm³/mol. The summed E-state index contributed by atoms with van der Waals surface area (Å²) in [6.07, 6.45) is 3.48. The fraction of sp³-hybridized carbons (Fsp3) is 0.429. The molecule has 0 aliphatic heterocycles. The molecule has 74 valence electrons. The van der Waals surface area contributed by atoms with Gasteiger partial charge in [0.2, 0.25) is 0 Å². The van der Waals surface area contributed by atoms with E-state index in [2.05, 4.69) is 20.6 Å². The smallest absolute Gasteiger partial charge is 0.104 e. The Morgan fingerprint density at radius 1 is 1.43 bits per heavy atom. The number of hydrogen-bond acceptors (Lipinski definition) is 4. The van der Waals surface area contributed by atoms with Crippen LogP contribution in [0.4, 0.5) is 0 Å². The normalized spacial score (nSPS) is 10.7. The molecule has 0 amide bonds. The first-order valence-electron chi connectivity index (χ1n) is 4.08. The van der Waals surface area contributed by atoms with Crippen LogP contribution in [-0.2, 0) is 19.5 Å². The number of rotatable bonds is 3. The van der Waals surface area contributed by atoms with Crippen LogP contribution in [0.2, 0.25) is 0 Å². The van der Waals surface area contributed by atoms with Crippen LogP contribution < -0.4 is 0 Å². The molecule has 2 rings (SSSR count). The van der Waals surface area contributed by atoms with Gasteiger partial charge in [-0.15, -0.1) is 21.8 Å². The van der Waals surface area contributed by atoms with Crippen molar-refractivity contribution in [3.63, 3.8) is 0 Å². The van der Waals surface area contributed by atoms with Crippen LogP contribution in [0.1, 0.15) is 11.4 Å². The molecule has 0 spiro atoms. The van der Waals surface area contributed by atoms with E-state index in [0.717, 1.165) is 11.4 Å². The molecule has 0 aromatic carbocycles. The van der Waals surface area contributed by atoms with Gasteiger partial charge in [0.25, 0.3) is 0 Å². The first-order valence-corrected chi connectivity index (χ1v) is 4.61. The molecule has 0 bridgehead atoms. The van der Waals surface area contributed by atoms with Crippen LogP contribution in [0.25, 0.3) is 0 Å². The molecule has 14 heavy (non-hydrogen) atoms. The van der Waals surface area contributed by atoms with Crippen LogP contribution in [-0.4, -0.2) is 30.0 Å². The first kappa shape index (κ1) is 9.14. The van der Waals surface area contributed by atoms with Gasteiger partial charge in [0.05, 0.1) is 24.3 Å². The maximum Gasteiger partial charge on any atom is 0.104 e. The van der Waals surface area contributed by atoms with E-state index >= 15 is 0 Å². The zero-order valence-corrected chi connectivity index (χ0v) is 8.39. The molecule has 0 saturated heterocycles. The van der Waals surface area contributed by atoms with Crippen molar-refractivity contribution in [2.24, 2.45) is 7.05 Å². The predicted octanol–water partition coefficient (Wildman–Crippen LogP) is 0.194.